The molecule has 0 atom stereocenters. The van der Waals surface area contributed by atoms with Crippen molar-refractivity contribution >= 4 is 34.1 Å². The Morgan fingerprint density at radius 3 is 2.53 bits per heavy atom. The third-order valence-corrected chi connectivity index (χ3v) is 2.71. The van der Waals surface area contributed by atoms with Crippen LogP contribution in [-0.4, -0.2) is 17.3 Å². The number of halogens is 3. The average Bonchev–Trinajstić information content (AvgIpc) is 2.15. The molecule has 0 saturated heterocycles. The number of ether oxygens (including phenoxy) is 1. The Morgan fingerprint density at radius 2 is 2.12 bits per heavy atom. The molecule has 1 aromatic rings. The van der Waals surface area contributed by atoms with Crippen molar-refractivity contribution in [3.8, 4) is 5.75 Å². The van der Waals surface area contributed by atoms with Gasteiger partial charge in [0.2, 0.25) is 0 Å². The van der Waals surface area contributed by atoms with E-state index in [1.807, 2.05) is 0 Å². The lowest BCUT2D eigenvalue weighted by molar-refractivity contribution is -0.385. The van der Waals surface area contributed by atoms with E-state index in [-0.39, 0.29) is 20.6 Å². The van der Waals surface area contributed by atoms with Crippen LogP contribution in [-0.2, 0) is 0 Å². The van der Waals surface area contributed by atoms with Crippen LogP contribution in [0, 0.1) is 13.7 Å². The molecule has 17 heavy (non-hydrogen) atoms. The van der Waals surface area contributed by atoms with Gasteiger partial charge in [-0.15, -0.1) is 0 Å². The van der Waals surface area contributed by atoms with E-state index in [1.54, 1.807) is 22.6 Å². The molecule has 92 valence electrons. The number of nitro groups is 1. The molecular formula is C9H6F2INO4. The maximum atomic E-state index is 12.1. The van der Waals surface area contributed by atoms with Crippen molar-refractivity contribution in [2.45, 2.75) is 13.5 Å². The zero-order valence-electron chi connectivity index (χ0n) is 8.45. The predicted molar refractivity (Wildman–Crippen MR) is 62.4 cm³/mol. The van der Waals surface area contributed by atoms with Gasteiger partial charge >= 0.3 is 6.61 Å². The number of Topliss-reactive ketones (excluding diaryl/α,β-unsaturated/α-hetero) is 1. The minimum Gasteiger partial charge on any atom is -0.434 e. The Labute approximate surface area is 108 Å². The molecule has 0 unspecified atom stereocenters. The number of benzene rings is 1. The van der Waals surface area contributed by atoms with E-state index in [2.05, 4.69) is 4.74 Å². The van der Waals surface area contributed by atoms with E-state index < -0.39 is 17.3 Å². The molecule has 1 rings (SSSR count). The Hall–Kier alpha value is -1.32. The molecule has 0 aliphatic carbocycles. The largest absolute Gasteiger partial charge is 0.434 e. The second kappa shape index (κ2) is 5.34. The Morgan fingerprint density at radius 1 is 1.53 bits per heavy atom. The van der Waals surface area contributed by atoms with Crippen LogP contribution in [0.3, 0.4) is 0 Å². The van der Waals surface area contributed by atoms with Crippen molar-refractivity contribution in [3.63, 3.8) is 0 Å². The summed E-state index contributed by atoms with van der Waals surface area (Å²) in [5, 5.41) is 10.6. The third-order valence-electron chi connectivity index (χ3n) is 1.84. The van der Waals surface area contributed by atoms with Crippen LogP contribution in [0.1, 0.15) is 17.3 Å². The van der Waals surface area contributed by atoms with Crippen LogP contribution in [0.15, 0.2) is 12.1 Å². The number of alkyl halides is 2. The number of carbonyl (C=O) groups excluding carboxylic acids is 1. The summed E-state index contributed by atoms with van der Waals surface area (Å²) in [6, 6.07) is 1.98. The monoisotopic (exact) mass is 357 g/mol. The van der Waals surface area contributed by atoms with Gasteiger partial charge in [-0.05, 0) is 29.5 Å². The van der Waals surface area contributed by atoms with E-state index in [1.165, 1.54) is 0 Å². The van der Waals surface area contributed by atoms with Crippen molar-refractivity contribution in [2.24, 2.45) is 0 Å². The van der Waals surface area contributed by atoms with Gasteiger partial charge in [0.25, 0.3) is 5.69 Å². The minimum atomic E-state index is -3.09. The molecular weight excluding hydrogens is 351 g/mol. The lowest BCUT2D eigenvalue weighted by Gasteiger charge is -2.09. The number of ketones is 1. The van der Waals surface area contributed by atoms with Crippen molar-refractivity contribution in [1.82, 2.24) is 0 Å². The van der Waals surface area contributed by atoms with Gasteiger partial charge in [-0.2, -0.15) is 8.78 Å². The predicted octanol–water partition coefficient (Wildman–Crippen LogP) is 3.00. The number of nitro benzene ring substituents is 1. The van der Waals surface area contributed by atoms with Crippen LogP contribution in [0.4, 0.5) is 14.5 Å². The SMILES string of the molecule is CC(=O)c1cc([N+](=O)[O-])c(I)cc1OC(F)F. The van der Waals surface area contributed by atoms with Gasteiger partial charge < -0.3 is 4.74 Å². The van der Waals surface area contributed by atoms with Crippen LogP contribution >= 0.6 is 22.6 Å². The molecule has 0 amide bonds. The first kappa shape index (κ1) is 13.7. The Kier molecular flexibility index (Phi) is 4.32. The van der Waals surface area contributed by atoms with E-state index in [9.17, 15) is 23.7 Å². The van der Waals surface area contributed by atoms with E-state index in [4.69, 9.17) is 0 Å². The molecule has 0 saturated carbocycles. The quantitative estimate of drug-likeness (QED) is 0.360. The van der Waals surface area contributed by atoms with Gasteiger partial charge in [0.15, 0.2) is 5.78 Å². The maximum Gasteiger partial charge on any atom is 0.387 e. The molecule has 0 aromatic heterocycles. The summed E-state index contributed by atoms with van der Waals surface area (Å²) in [4.78, 5) is 21.1. The number of hydrogen-bond acceptors (Lipinski definition) is 4. The standard InChI is InChI=1S/C9H6F2INO4/c1-4(14)5-2-7(13(15)16)6(12)3-8(5)17-9(10)11/h2-3,9H,1H3. The molecule has 5 nitrogen and oxygen atoms in total. The van der Waals surface area contributed by atoms with E-state index >= 15 is 0 Å². The summed E-state index contributed by atoms with van der Waals surface area (Å²) >= 11 is 1.61. The van der Waals surface area contributed by atoms with Crippen molar-refractivity contribution in [3.05, 3.63) is 31.4 Å². The smallest absolute Gasteiger partial charge is 0.387 e. The highest BCUT2D eigenvalue weighted by Crippen LogP contribution is 2.31. The van der Waals surface area contributed by atoms with Crippen LogP contribution in [0.2, 0.25) is 0 Å². The molecule has 0 radical (unpaired) electrons. The zero-order valence-corrected chi connectivity index (χ0v) is 10.6. The summed E-state index contributed by atoms with van der Waals surface area (Å²) in [5.74, 6) is -0.942. The minimum absolute atomic E-state index is 0.119. The summed E-state index contributed by atoms with van der Waals surface area (Å²) in [7, 11) is 0. The highest BCUT2D eigenvalue weighted by molar-refractivity contribution is 14.1. The van der Waals surface area contributed by atoms with Gasteiger partial charge in [0, 0.05) is 12.1 Å². The fourth-order valence-electron chi connectivity index (χ4n) is 1.15. The lowest BCUT2D eigenvalue weighted by Crippen LogP contribution is -2.08. The fourth-order valence-corrected chi connectivity index (χ4v) is 1.79. The number of hydrogen-bond donors (Lipinski definition) is 0. The topological polar surface area (TPSA) is 69.4 Å². The molecule has 0 N–H and O–H groups in total. The lowest BCUT2D eigenvalue weighted by atomic mass is 10.1. The van der Waals surface area contributed by atoms with Crippen LogP contribution in [0.5, 0.6) is 5.75 Å². The van der Waals surface area contributed by atoms with Gasteiger partial charge in [0.05, 0.1) is 14.1 Å². The molecule has 0 aliphatic heterocycles. The van der Waals surface area contributed by atoms with E-state index in [0.29, 0.717) is 0 Å². The first-order valence-corrected chi connectivity index (χ1v) is 5.34. The number of nitrogens with zero attached hydrogens (tertiary/aromatic N) is 1. The molecule has 8 heteroatoms. The van der Waals surface area contributed by atoms with Gasteiger partial charge in [-0.25, -0.2) is 0 Å². The van der Waals surface area contributed by atoms with Crippen LogP contribution in [0.25, 0.3) is 0 Å². The van der Waals surface area contributed by atoms with Gasteiger partial charge in [0.1, 0.15) is 5.75 Å². The first-order chi connectivity index (χ1) is 7.82. The molecule has 0 spiro atoms. The van der Waals surface area contributed by atoms with E-state index in [0.717, 1.165) is 19.1 Å². The Balaban J connectivity index is 3.35. The molecule has 1 aromatic carbocycles. The second-order valence-corrected chi connectivity index (χ2v) is 4.15. The summed E-state index contributed by atoms with van der Waals surface area (Å²) in [6.45, 7) is -1.98. The summed E-state index contributed by atoms with van der Waals surface area (Å²) in [6.07, 6.45) is 0. The van der Waals surface area contributed by atoms with Gasteiger partial charge in [-0.1, -0.05) is 0 Å². The van der Waals surface area contributed by atoms with Crippen molar-refractivity contribution in [1.29, 1.82) is 0 Å². The number of carbonyl (C=O) groups is 1. The summed E-state index contributed by atoms with van der Waals surface area (Å²) < 4.78 is 28.4. The van der Waals surface area contributed by atoms with Gasteiger partial charge in [-0.3, -0.25) is 14.9 Å². The Bertz CT molecular complexity index is 478. The second-order valence-electron chi connectivity index (χ2n) is 2.99. The summed E-state index contributed by atoms with van der Waals surface area (Å²) in [5.41, 5.74) is -0.560. The highest BCUT2D eigenvalue weighted by Gasteiger charge is 2.21. The third kappa shape index (κ3) is 3.32. The fraction of sp³-hybridized carbons (Fsp3) is 0.222. The molecule has 0 bridgehead atoms. The molecule has 0 fully saturated rings. The highest BCUT2D eigenvalue weighted by atomic mass is 127. The average molecular weight is 357 g/mol. The zero-order chi connectivity index (χ0) is 13.2. The normalized spacial score (nSPS) is 10.4. The van der Waals surface area contributed by atoms with Crippen LogP contribution < -0.4 is 4.74 Å². The molecule has 0 aliphatic rings. The number of rotatable bonds is 4. The molecule has 0 heterocycles. The maximum absolute atomic E-state index is 12.1. The van der Waals surface area contributed by atoms with Crippen molar-refractivity contribution in [2.75, 3.05) is 0 Å². The first-order valence-electron chi connectivity index (χ1n) is 4.26. The van der Waals surface area contributed by atoms with Crippen molar-refractivity contribution < 1.29 is 23.2 Å².